The summed E-state index contributed by atoms with van der Waals surface area (Å²) in [5.41, 5.74) is -0.518. The smallest absolute Gasteiger partial charge is 0.272 e. The van der Waals surface area contributed by atoms with Gasteiger partial charge in [0, 0.05) is 18.8 Å². The van der Waals surface area contributed by atoms with Crippen LogP contribution in [-0.2, 0) is 6.54 Å². The minimum Gasteiger partial charge on any atom is -0.393 e. The second kappa shape index (κ2) is 7.17. The Labute approximate surface area is 128 Å². The van der Waals surface area contributed by atoms with Gasteiger partial charge in [-0.1, -0.05) is 13.8 Å². The van der Waals surface area contributed by atoms with Crippen molar-refractivity contribution in [2.45, 2.75) is 64.6 Å². The fourth-order valence-corrected chi connectivity index (χ4v) is 2.71. The van der Waals surface area contributed by atoms with Crippen molar-refractivity contribution in [3.63, 3.8) is 0 Å². The summed E-state index contributed by atoms with van der Waals surface area (Å²) in [5, 5.41) is 16.2. The molecule has 0 saturated heterocycles. The predicted molar refractivity (Wildman–Crippen MR) is 77.8 cm³/mol. The van der Waals surface area contributed by atoms with Crippen LogP contribution < -0.4 is 5.32 Å². The van der Waals surface area contributed by atoms with Gasteiger partial charge in [-0.15, -0.1) is 0 Å². The first-order valence-electron chi connectivity index (χ1n) is 7.71. The van der Waals surface area contributed by atoms with Crippen LogP contribution in [0.15, 0.2) is 6.20 Å². The molecule has 0 unspecified atom stereocenters. The molecular formula is C15H23F2N3O2. The number of hydrogen-bond acceptors (Lipinski definition) is 3. The monoisotopic (exact) mass is 315 g/mol. The Morgan fingerprint density at radius 2 is 2.05 bits per heavy atom. The molecule has 22 heavy (non-hydrogen) atoms. The van der Waals surface area contributed by atoms with E-state index in [4.69, 9.17) is 0 Å². The number of amides is 1. The van der Waals surface area contributed by atoms with Gasteiger partial charge in [0.15, 0.2) is 5.69 Å². The largest absolute Gasteiger partial charge is 0.393 e. The highest BCUT2D eigenvalue weighted by Gasteiger charge is 2.26. The van der Waals surface area contributed by atoms with Gasteiger partial charge >= 0.3 is 0 Å². The minimum absolute atomic E-state index is 0.0864. The average Bonchev–Trinajstić information content (AvgIpc) is 2.84. The Bertz CT molecular complexity index is 509. The van der Waals surface area contributed by atoms with Crippen molar-refractivity contribution in [2.24, 2.45) is 5.92 Å². The molecule has 1 saturated carbocycles. The maximum absolute atomic E-state index is 13.1. The van der Waals surface area contributed by atoms with Gasteiger partial charge in [-0.2, -0.15) is 5.10 Å². The van der Waals surface area contributed by atoms with Crippen LogP contribution in [0.25, 0.3) is 0 Å². The van der Waals surface area contributed by atoms with E-state index in [1.807, 2.05) is 13.8 Å². The highest BCUT2D eigenvalue weighted by Crippen LogP contribution is 2.24. The molecule has 124 valence electrons. The molecule has 0 aliphatic heterocycles. The van der Waals surface area contributed by atoms with Gasteiger partial charge in [-0.05, 0) is 31.6 Å². The van der Waals surface area contributed by atoms with Crippen molar-refractivity contribution >= 4 is 5.91 Å². The Morgan fingerprint density at radius 1 is 1.41 bits per heavy atom. The Morgan fingerprint density at radius 3 is 2.59 bits per heavy atom. The van der Waals surface area contributed by atoms with Crippen molar-refractivity contribution in [3.8, 4) is 0 Å². The molecule has 1 aliphatic rings. The van der Waals surface area contributed by atoms with Crippen LogP contribution in [-0.4, -0.2) is 32.9 Å². The maximum atomic E-state index is 13.1. The third-order valence-electron chi connectivity index (χ3n) is 3.82. The highest BCUT2D eigenvalue weighted by atomic mass is 19.3. The van der Waals surface area contributed by atoms with E-state index >= 15 is 0 Å². The van der Waals surface area contributed by atoms with Gasteiger partial charge < -0.3 is 10.4 Å². The molecule has 2 rings (SSSR count). The molecule has 0 bridgehead atoms. The van der Waals surface area contributed by atoms with Crippen LogP contribution in [0, 0.1) is 5.92 Å². The van der Waals surface area contributed by atoms with Crippen LogP contribution in [0.3, 0.4) is 0 Å². The number of carbonyl (C=O) groups is 1. The maximum Gasteiger partial charge on any atom is 0.272 e. The summed E-state index contributed by atoms with van der Waals surface area (Å²) in [6.07, 6.45) is 0.755. The third kappa shape index (κ3) is 4.25. The number of aromatic nitrogens is 2. The number of aliphatic hydroxyl groups is 1. The first kappa shape index (κ1) is 16.9. The molecule has 1 amide bonds. The van der Waals surface area contributed by atoms with Crippen molar-refractivity contribution in [1.29, 1.82) is 0 Å². The topological polar surface area (TPSA) is 67.2 Å². The summed E-state index contributed by atoms with van der Waals surface area (Å²) in [4.78, 5) is 12.2. The number of carbonyl (C=O) groups excluding carboxylic acids is 1. The zero-order valence-electron chi connectivity index (χ0n) is 12.9. The van der Waals surface area contributed by atoms with Crippen LogP contribution in [0.1, 0.15) is 62.0 Å². The van der Waals surface area contributed by atoms with E-state index in [0.29, 0.717) is 32.2 Å². The van der Waals surface area contributed by atoms with Crippen molar-refractivity contribution in [3.05, 3.63) is 17.5 Å². The lowest BCUT2D eigenvalue weighted by Crippen LogP contribution is -2.39. The van der Waals surface area contributed by atoms with E-state index in [2.05, 4.69) is 10.4 Å². The van der Waals surface area contributed by atoms with E-state index in [0.717, 1.165) is 0 Å². The molecule has 1 aromatic rings. The summed E-state index contributed by atoms with van der Waals surface area (Å²) in [7, 11) is 0. The lowest BCUT2D eigenvalue weighted by Gasteiger charge is -2.25. The minimum atomic E-state index is -2.73. The number of aliphatic hydroxyl groups excluding tert-OH is 1. The second-order valence-corrected chi connectivity index (χ2v) is 6.33. The molecule has 0 spiro atoms. The van der Waals surface area contributed by atoms with Gasteiger partial charge in [0.2, 0.25) is 0 Å². The molecule has 7 heteroatoms. The molecular weight excluding hydrogens is 292 g/mol. The zero-order chi connectivity index (χ0) is 16.3. The lowest BCUT2D eigenvalue weighted by atomic mass is 9.93. The van der Waals surface area contributed by atoms with Gasteiger partial charge in [0.1, 0.15) is 0 Å². The second-order valence-electron chi connectivity index (χ2n) is 6.33. The fourth-order valence-electron chi connectivity index (χ4n) is 2.71. The molecule has 5 nitrogen and oxygen atoms in total. The van der Waals surface area contributed by atoms with Crippen molar-refractivity contribution in [2.75, 3.05) is 0 Å². The molecule has 0 radical (unpaired) electrons. The molecule has 0 atom stereocenters. The number of alkyl halides is 2. The Hall–Kier alpha value is -1.50. The number of nitrogens with one attached hydrogen (secondary N) is 1. The van der Waals surface area contributed by atoms with Crippen molar-refractivity contribution < 1.29 is 18.7 Å². The zero-order valence-corrected chi connectivity index (χ0v) is 12.9. The van der Waals surface area contributed by atoms with E-state index in [-0.39, 0.29) is 29.3 Å². The van der Waals surface area contributed by atoms with E-state index in [9.17, 15) is 18.7 Å². The van der Waals surface area contributed by atoms with Crippen LogP contribution in [0.4, 0.5) is 8.78 Å². The van der Waals surface area contributed by atoms with Crippen LogP contribution >= 0.6 is 0 Å². The SMILES string of the molecule is CC(C)Cn1cc(C(F)F)c(C(=O)NC2CCC(O)CC2)n1. The van der Waals surface area contributed by atoms with Gasteiger partial charge in [-0.25, -0.2) is 8.78 Å². The summed E-state index contributed by atoms with van der Waals surface area (Å²) < 4.78 is 27.6. The first-order valence-corrected chi connectivity index (χ1v) is 7.71. The summed E-state index contributed by atoms with van der Waals surface area (Å²) in [6.45, 7) is 4.40. The van der Waals surface area contributed by atoms with Gasteiger partial charge in [0.25, 0.3) is 12.3 Å². The summed E-state index contributed by atoms with van der Waals surface area (Å²) in [5.74, 6) is -0.305. The third-order valence-corrected chi connectivity index (χ3v) is 3.82. The van der Waals surface area contributed by atoms with E-state index in [1.54, 1.807) is 0 Å². The standard InChI is InChI=1S/C15H23F2N3O2/c1-9(2)7-20-8-12(14(16)17)13(19-20)15(22)18-10-3-5-11(21)6-4-10/h8-11,14,21H,3-7H2,1-2H3,(H,18,22). The molecule has 0 aromatic carbocycles. The normalized spacial score (nSPS) is 22.3. The highest BCUT2D eigenvalue weighted by molar-refractivity contribution is 5.94. The summed E-state index contributed by atoms with van der Waals surface area (Å²) in [6, 6.07) is -0.0864. The molecule has 1 heterocycles. The van der Waals surface area contributed by atoms with E-state index < -0.39 is 12.3 Å². The van der Waals surface area contributed by atoms with Gasteiger partial charge in [0.05, 0.1) is 11.7 Å². The summed E-state index contributed by atoms with van der Waals surface area (Å²) >= 11 is 0. The van der Waals surface area contributed by atoms with E-state index in [1.165, 1.54) is 10.9 Å². The number of hydrogen-bond donors (Lipinski definition) is 2. The quantitative estimate of drug-likeness (QED) is 0.877. The number of nitrogens with zero attached hydrogens (tertiary/aromatic N) is 2. The number of halogens is 2. The molecule has 1 aliphatic carbocycles. The predicted octanol–water partition coefficient (Wildman–Crippen LogP) is 2.51. The lowest BCUT2D eigenvalue weighted by molar-refractivity contribution is 0.0852. The first-order chi connectivity index (χ1) is 10.4. The molecule has 2 N–H and O–H groups in total. The van der Waals surface area contributed by atoms with Crippen LogP contribution in [0.2, 0.25) is 0 Å². The molecule has 1 aromatic heterocycles. The Kier molecular flexibility index (Phi) is 5.50. The fraction of sp³-hybridized carbons (Fsp3) is 0.733. The Balaban J connectivity index is 2.08. The van der Waals surface area contributed by atoms with Crippen molar-refractivity contribution in [1.82, 2.24) is 15.1 Å². The molecule has 1 fully saturated rings. The van der Waals surface area contributed by atoms with Gasteiger partial charge in [-0.3, -0.25) is 9.48 Å². The van der Waals surface area contributed by atoms with Crippen LogP contribution in [0.5, 0.6) is 0 Å². The average molecular weight is 315 g/mol. The number of rotatable bonds is 5.